The molecular weight excluding hydrogens is 306 g/mol. The van der Waals surface area contributed by atoms with Crippen LogP contribution in [0.4, 0.5) is 0 Å². The molecule has 3 aliphatic rings. The minimum Gasteiger partial charge on any atom is -0.377 e. The summed E-state index contributed by atoms with van der Waals surface area (Å²) in [5, 5.41) is 0. The van der Waals surface area contributed by atoms with Gasteiger partial charge in [0.15, 0.2) is 0 Å². The molecule has 2 saturated heterocycles. The van der Waals surface area contributed by atoms with Gasteiger partial charge in [0.1, 0.15) is 0 Å². The third kappa shape index (κ3) is 3.29. The fraction of sp³-hybridized carbons (Fsp3) is 0.632. The normalized spacial score (nSPS) is 29.9. The number of benzene rings is 1. The first-order valence-electron chi connectivity index (χ1n) is 8.94. The van der Waals surface area contributed by atoms with Gasteiger partial charge in [-0.25, -0.2) is 0 Å². The molecule has 23 heavy (non-hydrogen) atoms. The molecule has 124 valence electrons. The van der Waals surface area contributed by atoms with E-state index in [1.54, 1.807) is 11.8 Å². The van der Waals surface area contributed by atoms with Crippen LogP contribution in [0.15, 0.2) is 29.2 Å². The Balaban J connectivity index is 1.44. The van der Waals surface area contributed by atoms with E-state index in [4.69, 9.17) is 4.74 Å². The van der Waals surface area contributed by atoms with Gasteiger partial charge in [0.05, 0.1) is 11.7 Å². The number of rotatable bonds is 4. The first kappa shape index (κ1) is 15.5. The molecule has 1 aromatic carbocycles. The summed E-state index contributed by atoms with van der Waals surface area (Å²) in [7, 11) is 0. The number of likely N-dealkylation sites (tertiary alicyclic amines) is 1. The zero-order valence-corrected chi connectivity index (χ0v) is 14.4. The van der Waals surface area contributed by atoms with Gasteiger partial charge < -0.3 is 9.64 Å². The topological polar surface area (TPSA) is 29.5 Å². The minimum absolute atomic E-state index is 0.231. The van der Waals surface area contributed by atoms with E-state index in [1.165, 1.54) is 25.7 Å². The number of carbonyl (C=O) groups excluding carboxylic acids is 1. The summed E-state index contributed by atoms with van der Waals surface area (Å²) in [4.78, 5) is 16.2. The Morgan fingerprint density at radius 3 is 2.65 bits per heavy atom. The van der Waals surface area contributed by atoms with Crippen molar-refractivity contribution in [1.29, 1.82) is 0 Å². The summed E-state index contributed by atoms with van der Waals surface area (Å²) >= 11 is 1.78. The van der Waals surface area contributed by atoms with Crippen LogP contribution in [0.3, 0.4) is 0 Å². The van der Waals surface area contributed by atoms with Crippen LogP contribution in [0.5, 0.6) is 0 Å². The quantitative estimate of drug-likeness (QED) is 0.785. The predicted octanol–water partition coefficient (Wildman–Crippen LogP) is 3.83. The summed E-state index contributed by atoms with van der Waals surface area (Å²) in [6.45, 7) is 2.82. The lowest BCUT2D eigenvalue weighted by Crippen LogP contribution is -2.30. The highest BCUT2D eigenvalue weighted by Crippen LogP contribution is 2.38. The highest BCUT2D eigenvalue weighted by Gasteiger charge is 2.38. The Morgan fingerprint density at radius 1 is 1.13 bits per heavy atom. The molecular formula is C19H25NO2S. The number of fused-ring (bicyclic) bond motifs is 1. The smallest absolute Gasteiger partial charge is 0.255 e. The van der Waals surface area contributed by atoms with Crippen LogP contribution < -0.4 is 0 Å². The highest BCUT2D eigenvalue weighted by molar-refractivity contribution is 7.99. The molecule has 4 rings (SSSR count). The van der Waals surface area contributed by atoms with Gasteiger partial charge >= 0.3 is 0 Å². The summed E-state index contributed by atoms with van der Waals surface area (Å²) in [5.74, 6) is 2.70. The number of amides is 1. The molecule has 3 atom stereocenters. The second-order valence-electron chi connectivity index (χ2n) is 7.10. The van der Waals surface area contributed by atoms with E-state index in [0.717, 1.165) is 54.2 Å². The molecule has 0 aromatic heterocycles. The summed E-state index contributed by atoms with van der Waals surface area (Å²) in [6.07, 6.45) is 6.65. The lowest BCUT2D eigenvalue weighted by atomic mass is 10.0. The molecule has 1 aromatic rings. The average Bonchev–Trinajstić information content (AvgIpc) is 3.29. The molecule has 2 heterocycles. The largest absolute Gasteiger partial charge is 0.377 e. The van der Waals surface area contributed by atoms with Gasteiger partial charge in [0, 0.05) is 30.3 Å². The fourth-order valence-corrected chi connectivity index (χ4v) is 5.41. The number of hydrogen-bond acceptors (Lipinski definition) is 3. The number of ether oxygens (including phenoxy) is 1. The Bertz CT molecular complexity index is 558. The van der Waals surface area contributed by atoms with Crippen LogP contribution in [-0.4, -0.2) is 42.4 Å². The van der Waals surface area contributed by atoms with Crippen LogP contribution in [0.1, 0.15) is 42.5 Å². The van der Waals surface area contributed by atoms with E-state index in [9.17, 15) is 4.79 Å². The van der Waals surface area contributed by atoms with Gasteiger partial charge in [-0.3, -0.25) is 4.79 Å². The lowest BCUT2D eigenvalue weighted by Gasteiger charge is -2.19. The Kier molecular flexibility index (Phi) is 4.63. The van der Waals surface area contributed by atoms with E-state index < -0.39 is 0 Å². The van der Waals surface area contributed by atoms with Crippen molar-refractivity contribution in [3.63, 3.8) is 0 Å². The molecule has 0 radical (unpaired) electrons. The molecule has 2 aliphatic heterocycles. The Morgan fingerprint density at radius 2 is 1.91 bits per heavy atom. The van der Waals surface area contributed by atoms with Gasteiger partial charge in [0.25, 0.3) is 5.91 Å². The number of carbonyl (C=O) groups is 1. The molecule has 1 amide bonds. The van der Waals surface area contributed by atoms with Crippen LogP contribution in [0.2, 0.25) is 0 Å². The average molecular weight is 331 g/mol. The molecule has 0 spiro atoms. The van der Waals surface area contributed by atoms with Crippen molar-refractivity contribution < 1.29 is 9.53 Å². The van der Waals surface area contributed by atoms with E-state index in [-0.39, 0.29) is 5.91 Å². The number of hydrogen-bond donors (Lipinski definition) is 0. The molecule has 0 unspecified atom stereocenters. The van der Waals surface area contributed by atoms with Crippen molar-refractivity contribution in [3.8, 4) is 0 Å². The lowest BCUT2D eigenvalue weighted by molar-refractivity contribution is 0.0777. The highest BCUT2D eigenvalue weighted by atomic mass is 32.2. The monoisotopic (exact) mass is 331 g/mol. The van der Waals surface area contributed by atoms with Crippen molar-refractivity contribution in [1.82, 2.24) is 4.90 Å². The summed E-state index contributed by atoms with van der Waals surface area (Å²) in [5.41, 5.74) is 0.885. The Labute approximate surface area is 142 Å². The molecule has 1 aliphatic carbocycles. The van der Waals surface area contributed by atoms with Crippen LogP contribution >= 0.6 is 11.8 Å². The van der Waals surface area contributed by atoms with Crippen molar-refractivity contribution in [3.05, 3.63) is 29.8 Å². The second kappa shape index (κ2) is 6.86. The van der Waals surface area contributed by atoms with E-state index in [0.29, 0.717) is 6.10 Å². The van der Waals surface area contributed by atoms with E-state index in [2.05, 4.69) is 11.0 Å². The van der Waals surface area contributed by atoms with E-state index >= 15 is 0 Å². The van der Waals surface area contributed by atoms with Crippen LogP contribution in [0, 0.1) is 11.8 Å². The molecule has 3 fully saturated rings. The minimum atomic E-state index is 0.231. The third-order valence-corrected chi connectivity index (χ3v) is 6.79. The van der Waals surface area contributed by atoms with Crippen LogP contribution in [0.25, 0.3) is 0 Å². The SMILES string of the molecule is O=C(c1ccccc1SC[C@@H]1CCCO1)N1C[C@H]2CCC[C@H]2C1. The molecule has 0 N–H and O–H groups in total. The third-order valence-electron chi connectivity index (χ3n) is 5.58. The fourth-order valence-electron chi connectivity index (χ4n) is 4.30. The van der Waals surface area contributed by atoms with Gasteiger partial charge in [-0.1, -0.05) is 18.6 Å². The predicted molar refractivity (Wildman–Crippen MR) is 92.9 cm³/mol. The van der Waals surface area contributed by atoms with Crippen LogP contribution in [-0.2, 0) is 4.74 Å². The summed E-state index contributed by atoms with van der Waals surface area (Å²) in [6, 6.07) is 8.10. The number of nitrogens with zero attached hydrogens (tertiary/aromatic N) is 1. The Hall–Kier alpha value is -1.00. The molecule has 4 heteroatoms. The van der Waals surface area contributed by atoms with Gasteiger partial charge in [0.2, 0.25) is 0 Å². The maximum atomic E-state index is 13.0. The van der Waals surface area contributed by atoms with Gasteiger partial charge in [-0.15, -0.1) is 11.8 Å². The molecule has 3 nitrogen and oxygen atoms in total. The van der Waals surface area contributed by atoms with Crippen molar-refractivity contribution in [2.45, 2.75) is 43.1 Å². The molecule has 1 saturated carbocycles. The maximum Gasteiger partial charge on any atom is 0.255 e. The van der Waals surface area contributed by atoms with Crippen molar-refractivity contribution in [2.75, 3.05) is 25.4 Å². The maximum absolute atomic E-state index is 13.0. The van der Waals surface area contributed by atoms with Crippen molar-refractivity contribution >= 4 is 17.7 Å². The number of thioether (sulfide) groups is 1. The zero-order chi connectivity index (χ0) is 15.6. The first-order chi connectivity index (χ1) is 11.3. The van der Waals surface area contributed by atoms with Gasteiger partial charge in [-0.2, -0.15) is 0 Å². The standard InChI is InChI=1S/C19H25NO2S/c21-19(20-11-14-5-3-6-15(14)12-20)17-8-1-2-9-18(17)23-13-16-7-4-10-22-16/h1-2,8-9,14-16H,3-7,10-13H2/t14-,15+,16-/m0/s1. The van der Waals surface area contributed by atoms with E-state index in [1.807, 2.05) is 18.2 Å². The van der Waals surface area contributed by atoms with Gasteiger partial charge in [-0.05, 0) is 49.7 Å². The summed E-state index contributed by atoms with van der Waals surface area (Å²) < 4.78 is 5.71. The van der Waals surface area contributed by atoms with Crippen molar-refractivity contribution in [2.24, 2.45) is 11.8 Å². The molecule has 0 bridgehead atoms. The second-order valence-corrected chi connectivity index (χ2v) is 8.17. The first-order valence-corrected chi connectivity index (χ1v) is 9.92. The zero-order valence-electron chi connectivity index (χ0n) is 13.6.